The molecular weight excluding hydrogens is 529 g/mol. The van der Waals surface area contributed by atoms with Crippen LogP contribution < -0.4 is 5.32 Å². The van der Waals surface area contributed by atoms with Gasteiger partial charge in [-0.15, -0.1) is 0 Å². The Morgan fingerprint density at radius 2 is 1.82 bits per heavy atom. The molecule has 0 aliphatic rings. The molecular formula is C20H11Br2Cl2N3O. The van der Waals surface area contributed by atoms with E-state index in [1.54, 1.807) is 18.2 Å². The quantitative estimate of drug-likeness (QED) is 0.302. The number of halogens is 4. The smallest absolute Gasteiger partial charge is 0.255 e. The number of amides is 1. The van der Waals surface area contributed by atoms with Crippen molar-refractivity contribution in [3.63, 3.8) is 0 Å². The van der Waals surface area contributed by atoms with Crippen molar-refractivity contribution in [3.8, 4) is 11.3 Å². The second-order valence-corrected chi connectivity index (χ2v) is 8.61. The molecule has 0 fully saturated rings. The van der Waals surface area contributed by atoms with Crippen molar-refractivity contribution in [2.24, 2.45) is 0 Å². The Morgan fingerprint density at radius 1 is 1.00 bits per heavy atom. The standard InChI is InChI=1S/C20H11Br2Cl2N3O/c21-13-8-15(22)19-26-18(10-27(19)9-13)11-2-1-3-14(6-11)25-20(28)12-4-5-16(23)17(24)7-12/h1-10H,(H,25,28). The molecule has 0 saturated carbocycles. The minimum Gasteiger partial charge on any atom is -0.322 e. The molecule has 1 amide bonds. The average molecular weight is 540 g/mol. The summed E-state index contributed by atoms with van der Waals surface area (Å²) in [6.45, 7) is 0. The van der Waals surface area contributed by atoms with Crippen LogP contribution in [0, 0.1) is 0 Å². The van der Waals surface area contributed by atoms with Crippen LogP contribution in [0.25, 0.3) is 16.9 Å². The molecule has 140 valence electrons. The molecule has 0 unspecified atom stereocenters. The van der Waals surface area contributed by atoms with Gasteiger partial charge in [0.2, 0.25) is 0 Å². The van der Waals surface area contributed by atoms with Crippen molar-refractivity contribution >= 4 is 72.3 Å². The van der Waals surface area contributed by atoms with Crippen molar-refractivity contribution in [3.05, 3.63) is 85.5 Å². The predicted octanol–water partition coefficient (Wildman–Crippen LogP) is 7.09. The molecule has 2 aromatic heterocycles. The molecule has 0 saturated heterocycles. The zero-order valence-corrected chi connectivity index (χ0v) is 18.8. The van der Waals surface area contributed by atoms with Gasteiger partial charge in [-0.1, -0.05) is 35.3 Å². The van der Waals surface area contributed by atoms with Crippen LogP contribution in [0.1, 0.15) is 10.4 Å². The molecule has 2 aromatic carbocycles. The normalized spacial score (nSPS) is 11.0. The van der Waals surface area contributed by atoms with Crippen molar-refractivity contribution in [1.82, 2.24) is 9.38 Å². The summed E-state index contributed by atoms with van der Waals surface area (Å²) in [4.78, 5) is 17.2. The number of imidazole rings is 1. The second-order valence-electron chi connectivity index (χ2n) is 6.03. The van der Waals surface area contributed by atoms with E-state index in [1.807, 2.05) is 47.1 Å². The molecule has 8 heteroatoms. The largest absolute Gasteiger partial charge is 0.322 e. The molecule has 4 nitrogen and oxygen atoms in total. The first-order valence-electron chi connectivity index (χ1n) is 8.11. The van der Waals surface area contributed by atoms with E-state index in [-0.39, 0.29) is 5.91 Å². The summed E-state index contributed by atoms with van der Waals surface area (Å²) in [7, 11) is 0. The third-order valence-corrected chi connectivity index (χ3v) is 5.83. The number of carbonyl (C=O) groups excluding carboxylic acids is 1. The van der Waals surface area contributed by atoms with Gasteiger partial charge in [0.15, 0.2) is 5.65 Å². The van der Waals surface area contributed by atoms with Gasteiger partial charge in [-0.25, -0.2) is 4.98 Å². The van der Waals surface area contributed by atoms with Gasteiger partial charge in [-0.2, -0.15) is 0 Å². The monoisotopic (exact) mass is 537 g/mol. The van der Waals surface area contributed by atoms with Crippen LogP contribution in [-0.2, 0) is 0 Å². The Bertz CT molecular complexity index is 1220. The van der Waals surface area contributed by atoms with Crippen molar-refractivity contribution in [2.45, 2.75) is 0 Å². The number of hydrogen-bond acceptors (Lipinski definition) is 2. The lowest BCUT2D eigenvalue weighted by molar-refractivity contribution is 0.102. The van der Waals surface area contributed by atoms with Gasteiger partial charge in [-0.3, -0.25) is 4.79 Å². The fourth-order valence-corrected chi connectivity index (χ4v) is 4.36. The Morgan fingerprint density at radius 3 is 2.61 bits per heavy atom. The van der Waals surface area contributed by atoms with Crippen LogP contribution >= 0.6 is 55.1 Å². The third-order valence-electron chi connectivity index (χ3n) is 4.07. The number of pyridine rings is 1. The first-order valence-corrected chi connectivity index (χ1v) is 10.5. The van der Waals surface area contributed by atoms with Crippen molar-refractivity contribution < 1.29 is 4.79 Å². The van der Waals surface area contributed by atoms with Gasteiger partial charge in [0.25, 0.3) is 5.91 Å². The molecule has 2 heterocycles. The summed E-state index contributed by atoms with van der Waals surface area (Å²) in [5, 5.41) is 3.62. The number of anilines is 1. The van der Waals surface area contributed by atoms with Crippen LogP contribution in [0.2, 0.25) is 10.0 Å². The summed E-state index contributed by atoms with van der Waals surface area (Å²) >= 11 is 18.9. The lowest BCUT2D eigenvalue weighted by Gasteiger charge is -2.07. The first kappa shape index (κ1) is 19.5. The fourth-order valence-electron chi connectivity index (χ4n) is 2.76. The Kier molecular flexibility index (Phi) is 5.47. The number of aromatic nitrogens is 2. The zero-order chi connectivity index (χ0) is 19.8. The van der Waals surface area contributed by atoms with Gasteiger partial charge in [0.1, 0.15) is 0 Å². The van der Waals surface area contributed by atoms with E-state index in [9.17, 15) is 4.79 Å². The van der Waals surface area contributed by atoms with E-state index in [0.29, 0.717) is 21.3 Å². The second kappa shape index (κ2) is 7.87. The van der Waals surface area contributed by atoms with Crippen LogP contribution in [0.4, 0.5) is 5.69 Å². The Labute approximate surface area is 187 Å². The number of rotatable bonds is 3. The lowest BCUT2D eigenvalue weighted by atomic mass is 10.1. The summed E-state index contributed by atoms with van der Waals surface area (Å²) < 4.78 is 3.76. The molecule has 28 heavy (non-hydrogen) atoms. The molecule has 4 rings (SSSR count). The Hall–Kier alpha value is -1.86. The first-order chi connectivity index (χ1) is 13.4. The van der Waals surface area contributed by atoms with E-state index in [0.717, 1.165) is 25.8 Å². The molecule has 0 atom stereocenters. The van der Waals surface area contributed by atoms with Gasteiger partial charge in [0, 0.05) is 33.7 Å². The maximum Gasteiger partial charge on any atom is 0.255 e. The number of nitrogens with zero attached hydrogens (tertiary/aromatic N) is 2. The van der Waals surface area contributed by atoms with Crippen LogP contribution in [0.3, 0.4) is 0 Å². The number of benzene rings is 2. The van der Waals surface area contributed by atoms with E-state index in [4.69, 9.17) is 23.2 Å². The predicted molar refractivity (Wildman–Crippen MR) is 120 cm³/mol. The summed E-state index contributed by atoms with van der Waals surface area (Å²) in [5.41, 5.74) is 3.58. The highest BCUT2D eigenvalue weighted by molar-refractivity contribution is 9.11. The van der Waals surface area contributed by atoms with E-state index >= 15 is 0 Å². The number of hydrogen-bond donors (Lipinski definition) is 1. The van der Waals surface area contributed by atoms with Gasteiger partial charge in [0.05, 0.1) is 20.2 Å². The molecule has 1 N–H and O–H groups in total. The zero-order valence-electron chi connectivity index (χ0n) is 14.1. The van der Waals surface area contributed by atoms with Gasteiger partial charge < -0.3 is 9.72 Å². The topological polar surface area (TPSA) is 46.4 Å². The van der Waals surface area contributed by atoms with Gasteiger partial charge >= 0.3 is 0 Å². The fraction of sp³-hybridized carbons (Fsp3) is 0. The van der Waals surface area contributed by atoms with E-state index in [1.165, 1.54) is 0 Å². The highest BCUT2D eigenvalue weighted by Gasteiger charge is 2.11. The lowest BCUT2D eigenvalue weighted by Crippen LogP contribution is -2.11. The minimum absolute atomic E-state index is 0.266. The number of nitrogens with one attached hydrogen (secondary N) is 1. The highest BCUT2D eigenvalue weighted by atomic mass is 79.9. The highest BCUT2D eigenvalue weighted by Crippen LogP contribution is 2.28. The number of carbonyl (C=O) groups is 1. The van der Waals surface area contributed by atoms with E-state index < -0.39 is 0 Å². The average Bonchev–Trinajstić information content (AvgIpc) is 3.08. The van der Waals surface area contributed by atoms with Crippen LogP contribution in [0.5, 0.6) is 0 Å². The summed E-state index contributed by atoms with van der Waals surface area (Å²) in [6.07, 6.45) is 3.87. The summed E-state index contributed by atoms with van der Waals surface area (Å²) in [6, 6.07) is 14.2. The van der Waals surface area contributed by atoms with Gasteiger partial charge in [-0.05, 0) is 68.3 Å². The third kappa shape index (κ3) is 3.96. The van der Waals surface area contributed by atoms with E-state index in [2.05, 4.69) is 42.2 Å². The van der Waals surface area contributed by atoms with Crippen LogP contribution in [-0.4, -0.2) is 15.3 Å². The van der Waals surface area contributed by atoms with Crippen molar-refractivity contribution in [1.29, 1.82) is 0 Å². The molecule has 0 spiro atoms. The molecule has 0 radical (unpaired) electrons. The molecule has 0 aliphatic carbocycles. The van der Waals surface area contributed by atoms with Crippen LogP contribution in [0.15, 0.2) is 69.9 Å². The summed E-state index contributed by atoms with van der Waals surface area (Å²) in [5.74, 6) is -0.266. The molecule has 0 bridgehead atoms. The number of fused-ring (bicyclic) bond motifs is 1. The minimum atomic E-state index is -0.266. The molecule has 0 aliphatic heterocycles. The molecule has 4 aromatic rings. The van der Waals surface area contributed by atoms with Crippen molar-refractivity contribution in [2.75, 3.05) is 5.32 Å². The SMILES string of the molecule is O=C(Nc1cccc(-c2cn3cc(Br)cc(Br)c3n2)c1)c1ccc(Cl)c(Cl)c1. The maximum atomic E-state index is 12.5. The Balaban J connectivity index is 1.63. The maximum absolute atomic E-state index is 12.5.